The molecule has 2 rings (SSSR count). The van der Waals surface area contributed by atoms with Crippen LogP contribution in [0.3, 0.4) is 0 Å². The van der Waals surface area contributed by atoms with Crippen LogP contribution in [-0.2, 0) is 0 Å². The smallest absolute Gasteiger partial charge is 0.126 e. The Kier molecular flexibility index (Phi) is 4.89. The van der Waals surface area contributed by atoms with Crippen molar-refractivity contribution in [1.82, 2.24) is 0 Å². The van der Waals surface area contributed by atoms with Crippen molar-refractivity contribution in [3.05, 3.63) is 50.6 Å². The number of hydrogen-bond acceptors (Lipinski definition) is 3. The number of rotatable bonds is 5. The highest BCUT2D eigenvalue weighted by Crippen LogP contribution is 2.31. The van der Waals surface area contributed by atoms with Gasteiger partial charge in [-0.3, -0.25) is 0 Å². The summed E-state index contributed by atoms with van der Waals surface area (Å²) in [7, 11) is 0. The molecular weight excluding hydrogens is 334 g/mol. The zero-order valence-electron chi connectivity index (χ0n) is 12.0. The van der Waals surface area contributed by atoms with E-state index < -0.39 is 0 Å². The van der Waals surface area contributed by atoms with Crippen LogP contribution in [-0.4, -0.2) is 5.54 Å². The third-order valence-corrected chi connectivity index (χ3v) is 4.08. The zero-order chi connectivity index (χ0) is 14.8. The molecule has 0 aliphatic heterocycles. The molecule has 0 bridgehead atoms. The first-order chi connectivity index (χ1) is 9.33. The Hall–Kier alpha value is -0.840. The average Bonchev–Trinajstić information content (AvgIpc) is 2.77. The van der Waals surface area contributed by atoms with Crippen LogP contribution in [0.25, 0.3) is 0 Å². The second-order valence-corrected chi connectivity index (χ2v) is 7.52. The van der Waals surface area contributed by atoms with Crippen LogP contribution in [0.5, 0.6) is 5.75 Å². The molecule has 0 saturated carbocycles. The Balaban J connectivity index is 2.23. The monoisotopic (exact) mass is 353 g/mol. The maximum atomic E-state index is 6.19. The SMILES string of the molecule is Cc1cc(Br)cc(OC(CC(C)(C)N)c2ccsc2)c1. The number of aryl methyl sites for hydroxylation is 1. The Bertz CT molecular complexity index is 540. The average molecular weight is 354 g/mol. The molecule has 0 aliphatic carbocycles. The summed E-state index contributed by atoms with van der Waals surface area (Å²) in [5.41, 5.74) is 8.26. The highest BCUT2D eigenvalue weighted by atomic mass is 79.9. The third-order valence-electron chi connectivity index (χ3n) is 2.92. The van der Waals surface area contributed by atoms with Gasteiger partial charge in [-0.15, -0.1) is 0 Å². The first kappa shape index (κ1) is 15.5. The predicted molar refractivity (Wildman–Crippen MR) is 89.5 cm³/mol. The van der Waals surface area contributed by atoms with Crippen molar-refractivity contribution in [2.75, 3.05) is 0 Å². The maximum Gasteiger partial charge on any atom is 0.126 e. The van der Waals surface area contributed by atoms with Gasteiger partial charge in [0.1, 0.15) is 11.9 Å². The minimum atomic E-state index is -0.270. The van der Waals surface area contributed by atoms with E-state index in [1.54, 1.807) is 11.3 Å². The van der Waals surface area contributed by atoms with Crippen molar-refractivity contribution in [1.29, 1.82) is 0 Å². The van der Waals surface area contributed by atoms with Gasteiger partial charge in [0, 0.05) is 22.0 Å². The molecule has 1 atom stereocenters. The standard InChI is InChI=1S/C16H20BrNOS/c1-11-6-13(17)8-14(7-11)19-15(9-16(2,3)18)12-4-5-20-10-12/h4-8,10,15H,9,18H2,1-3H3. The summed E-state index contributed by atoms with van der Waals surface area (Å²) < 4.78 is 7.22. The van der Waals surface area contributed by atoms with Crippen LogP contribution in [0.15, 0.2) is 39.5 Å². The number of benzene rings is 1. The van der Waals surface area contributed by atoms with Gasteiger partial charge in [0.15, 0.2) is 0 Å². The van der Waals surface area contributed by atoms with Crippen molar-refractivity contribution < 1.29 is 4.74 Å². The van der Waals surface area contributed by atoms with Crippen molar-refractivity contribution in [2.45, 2.75) is 38.8 Å². The number of ether oxygens (including phenoxy) is 1. The molecule has 0 saturated heterocycles. The molecule has 2 aromatic rings. The third kappa shape index (κ3) is 4.62. The molecule has 0 amide bonds. The van der Waals surface area contributed by atoms with E-state index in [-0.39, 0.29) is 11.6 Å². The van der Waals surface area contributed by atoms with Crippen LogP contribution in [0.4, 0.5) is 0 Å². The summed E-state index contributed by atoms with van der Waals surface area (Å²) in [6.45, 7) is 6.12. The van der Waals surface area contributed by atoms with E-state index in [0.717, 1.165) is 16.6 Å². The summed E-state index contributed by atoms with van der Waals surface area (Å²) in [6, 6.07) is 8.22. The normalized spacial score (nSPS) is 13.2. The van der Waals surface area contributed by atoms with Crippen molar-refractivity contribution in [2.24, 2.45) is 5.73 Å². The van der Waals surface area contributed by atoms with E-state index >= 15 is 0 Å². The number of nitrogens with two attached hydrogens (primary N) is 1. The van der Waals surface area contributed by atoms with Gasteiger partial charge < -0.3 is 10.5 Å². The molecule has 1 aromatic heterocycles. The molecule has 2 N–H and O–H groups in total. The van der Waals surface area contributed by atoms with Gasteiger partial charge in [-0.25, -0.2) is 0 Å². The molecule has 108 valence electrons. The number of thiophene rings is 1. The minimum Gasteiger partial charge on any atom is -0.486 e. The second kappa shape index (κ2) is 6.29. The lowest BCUT2D eigenvalue weighted by molar-refractivity contribution is 0.167. The first-order valence-electron chi connectivity index (χ1n) is 6.58. The summed E-state index contributed by atoms with van der Waals surface area (Å²) in [4.78, 5) is 0. The largest absolute Gasteiger partial charge is 0.486 e. The summed E-state index contributed by atoms with van der Waals surface area (Å²) in [6.07, 6.45) is 0.755. The lowest BCUT2D eigenvalue weighted by Crippen LogP contribution is -2.35. The Labute approximate surface area is 133 Å². The highest BCUT2D eigenvalue weighted by molar-refractivity contribution is 9.10. The molecule has 0 spiro atoms. The van der Waals surface area contributed by atoms with Crippen LogP contribution < -0.4 is 10.5 Å². The molecule has 1 heterocycles. The predicted octanol–water partition coefficient (Wildman–Crippen LogP) is 5.07. The minimum absolute atomic E-state index is 0.0186. The number of halogens is 1. The molecule has 1 aromatic carbocycles. The van der Waals surface area contributed by atoms with Gasteiger partial charge in [-0.2, -0.15) is 11.3 Å². The zero-order valence-corrected chi connectivity index (χ0v) is 14.4. The molecule has 4 heteroatoms. The first-order valence-corrected chi connectivity index (χ1v) is 8.32. The van der Waals surface area contributed by atoms with Crippen LogP contribution in [0.1, 0.15) is 37.5 Å². The van der Waals surface area contributed by atoms with Crippen molar-refractivity contribution in [3.8, 4) is 5.75 Å². The Morgan fingerprint density at radius 3 is 2.65 bits per heavy atom. The van der Waals surface area contributed by atoms with Gasteiger partial charge in [-0.05, 0) is 61.4 Å². The van der Waals surface area contributed by atoms with E-state index in [1.165, 1.54) is 11.1 Å². The van der Waals surface area contributed by atoms with Gasteiger partial charge in [-0.1, -0.05) is 15.9 Å². The van der Waals surface area contributed by atoms with Crippen LogP contribution in [0.2, 0.25) is 0 Å². The van der Waals surface area contributed by atoms with Crippen LogP contribution >= 0.6 is 27.3 Å². The molecule has 0 aliphatic rings. The van der Waals surface area contributed by atoms with Gasteiger partial charge in [0.05, 0.1) is 0 Å². The van der Waals surface area contributed by atoms with Crippen molar-refractivity contribution >= 4 is 27.3 Å². The van der Waals surface area contributed by atoms with E-state index in [1.807, 2.05) is 26.0 Å². The fraction of sp³-hybridized carbons (Fsp3) is 0.375. The lowest BCUT2D eigenvalue weighted by atomic mass is 9.95. The van der Waals surface area contributed by atoms with Crippen LogP contribution in [0, 0.1) is 6.92 Å². The maximum absolute atomic E-state index is 6.19. The van der Waals surface area contributed by atoms with Gasteiger partial charge in [0.2, 0.25) is 0 Å². The summed E-state index contributed by atoms with van der Waals surface area (Å²) >= 11 is 5.19. The molecule has 0 fully saturated rings. The molecule has 20 heavy (non-hydrogen) atoms. The summed E-state index contributed by atoms with van der Waals surface area (Å²) in [5.74, 6) is 0.873. The van der Waals surface area contributed by atoms with E-state index in [2.05, 4.69) is 45.7 Å². The second-order valence-electron chi connectivity index (χ2n) is 5.82. The van der Waals surface area contributed by atoms with Crippen molar-refractivity contribution in [3.63, 3.8) is 0 Å². The van der Waals surface area contributed by atoms with E-state index in [4.69, 9.17) is 10.5 Å². The highest BCUT2D eigenvalue weighted by Gasteiger charge is 2.22. The fourth-order valence-corrected chi connectivity index (χ4v) is 3.39. The molecular formula is C16H20BrNOS. The van der Waals surface area contributed by atoms with E-state index in [9.17, 15) is 0 Å². The topological polar surface area (TPSA) is 35.2 Å². The summed E-state index contributed by atoms with van der Waals surface area (Å²) in [5, 5.41) is 4.20. The molecule has 0 radical (unpaired) electrons. The van der Waals surface area contributed by atoms with E-state index in [0.29, 0.717) is 0 Å². The number of hydrogen-bond donors (Lipinski definition) is 1. The quantitative estimate of drug-likeness (QED) is 0.814. The molecule has 2 nitrogen and oxygen atoms in total. The Morgan fingerprint density at radius 2 is 2.10 bits per heavy atom. The van der Waals surface area contributed by atoms with Gasteiger partial charge >= 0.3 is 0 Å². The van der Waals surface area contributed by atoms with Gasteiger partial charge in [0.25, 0.3) is 0 Å². The lowest BCUT2D eigenvalue weighted by Gasteiger charge is -2.26. The molecule has 1 unspecified atom stereocenters. The Morgan fingerprint density at radius 1 is 1.35 bits per heavy atom. The fourth-order valence-electron chi connectivity index (χ4n) is 2.10.